The van der Waals surface area contributed by atoms with Gasteiger partial charge in [-0.2, -0.15) is 0 Å². The van der Waals surface area contributed by atoms with E-state index in [2.05, 4.69) is 15.9 Å². The van der Waals surface area contributed by atoms with Crippen LogP contribution in [0, 0.1) is 0 Å². The fourth-order valence-electron chi connectivity index (χ4n) is 1.07. The van der Waals surface area contributed by atoms with Crippen LogP contribution in [0.15, 0.2) is 16.6 Å². The molecule has 1 aromatic rings. The van der Waals surface area contributed by atoms with Crippen LogP contribution < -0.4 is 0 Å². The van der Waals surface area contributed by atoms with Gasteiger partial charge in [0.25, 0.3) is 0 Å². The molecule has 1 rings (SSSR count). The van der Waals surface area contributed by atoms with Crippen molar-refractivity contribution in [3.8, 4) is 0 Å². The highest BCUT2D eigenvalue weighted by atomic mass is 79.9. The average molecular weight is 312 g/mol. The second-order valence-corrected chi connectivity index (χ2v) is 4.39. The third kappa shape index (κ3) is 3.37. The Morgan fingerprint density at radius 1 is 1.47 bits per heavy atom. The van der Waals surface area contributed by atoms with E-state index in [9.17, 15) is 4.79 Å². The third-order valence-electron chi connectivity index (χ3n) is 1.76. The van der Waals surface area contributed by atoms with Crippen molar-refractivity contribution in [2.75, 3.05) is 6.61 Å². The minimum atomic E-state index is -0.281. The lowest BCUT2D eigenvalue weighted by molar-refractivity contribution is -0.142. The Labute approximate surface area is 107 Å². The molecule has 15 heavy (non-hydrogen) atoms. The quantitative estimate of drug-likeness (QED) is 0.626. The Hall–Kier alpha value is -0.250. The fraction of sp³-hybridized carbons (Fsp3) is 0.300. The number of ether oxygens (including phenoxy) is 1. The summed E-state index contributed by atoms with van der Waals surface area (Å²) in [6.07, 6.45) is 0.186. The molecule has 0 aliphatic rings. The summed E-state index contributed by atoms with van der Waals surface area (Å²) in [4.78, 5) is 11.2. The van der Waals surface area contributed by atoms with Crippen molar-refractivity contribution in [1.29, 1.82) is 0 Å². The standard InChI is InChI=1S/C10H9BrCl2O2/c1-2-15-8(14)5-6-3-4-7(12)10(13)9(6)11/h3-4H,2,5H2,1H3. The van der Waals surface area contributed by atoms with E-state index in [-0.39, 0.29) is 12.4 Å². The Balaban J connectivity index is 2.87. The number of carbonyl (C=O) groups is 1. The van der Waals surface area contributed by atoms with Crippen LogP contribution in [-0.2, 0) is 16.0 Å². The third-order valence-corrected chi connectivity index (χ3v) is 3.69. The van der Waals surface area contributed by atoms with Gasteiger partial charge in [0.2, 0.25) is 0 Å². The van der Waals surface area contributed by atoms with Gasteiger partial charge in [-0.25, -0.2) is 0 Å². The number of hydrogen-bond donors (Lipinski definition) is 0. The molecular weight excluding hydrogens is 303 g/mol. The minimum Gasteiger partial charge on any atom is -0.466 e. The van der Waals surface area contributed by atoms with Crippen LogP contribution >= 0.6 is 39.1 Å². The molecule has 82 valence electrons. The topological polar surface area (TPSA) is 26.3 Å². The van der Waals surface area contributed by atoms with E-state index in [0.717, 1.165) is 5.56 Å². The molecule has 0 N–H and O–H groups in total. The van der Waals surface area contributed by atoms with E-state index in [1.165, 1.54) is 0 Å². The van der Waals surface area contributed by atoms with E-state index in [0.29, 0.717) is 21.1 Å². The lowest BCUT2D eigenvalue weighted by atomic mass is 10.1. The van der Waals surface area contributed by atoms with Crippen LogP contribution in [0.2, 0.25) is 10.0 Å². The predicted octanol–water partition coefficient (Wildman–Crippen LogP) is 3.86. The second-order valence-electron chi connectivity index (χ2n) is 2.82. The molecule has 0 fully saturated rings. The molecule has 0 saturated carbocycles. The summed E-state index contributed by atoms with van der Waals surface area (Å²) in [6, 6.07) is 3.40. The molecule has 0 aliphatic heterocycles. The molecule has 0 heterocycles. The van der Waals surface area contributed by atoms with Crippen LogP contribution in [0.4, 0.5) is 0 Å². The average Bonchev–Trinajstić information content (AvgIpc) is 2.20. The first-order chi connectivity index (χ1) is 7.06. The monoisotopic (exact) mass is 310 g/mol. The van der Waals surface area contributed by atoms with Crippen LogP contribution in [0.25, 0.3) is 0 Å². The Morgan fingerprint density at radius 3 is 2.73 bits per heavy atom. The maximum atomic E-state index is 11.2. The summed E-state index contributed by atoms with van der Waals surface area (Å²) in [5.74, 6) is -0.281. The van der Waals surface area contributed by atoms with E-state index in [1.54, 1.807) is 19.1 Å². The van der Waals surface area contributed by atoms with Gasteiger partial charge in [-0.3, -0.25) is 4.79 Å². The summed E-state index contributed by atoms with van der Waals surface area (Å²) in [6.45, 7) is 2.14. The van der Waals surface area contributed by atoms with Crippen LogP contribution in [-0.4, -0.2) is 12.6 Å². The van der Waals surface area contributed by atoms with Crippen molar-refractivity contribution in [3.05, 3.63) is 32.2 Å². The predicted molar refractivity (Wildman–Crippen MR) is 64.5 cm³/mol. The van der Waals surface area contributed by atoms with Gasteiger partial charge in [-0.05, 0) is 34.5 Å². The number of hydrogen-bond acceptors (Lipinski definition) is 2. The molecule has 2 nitrogen and oxygen atoms in total. The Morgan fingerprint density at radius 2 is 2.13 bits per heavy atom. The number of halogens is 3. The van der Waals surface area contributed by atoms with Gasteiger partial charge in [0.05, 0.1) is 23.1 Å². The molecule has 0 unspecified atom stereocenters. The van der Waals surface area contributed by atoms with Gasteiger partial charge >= 0.3 is 5.97 Å². The number of benzene rings is 1. The highest BCUT2D eigenvalue weighted by Gasteiger charge is 2.11. The Bertz CT molecular complexity index is 380. The summed E-state index contributed by atoms with van der Waals surface area (Å²) < 4.78 is 5.48. The molecule has 0 bridgehead atoms. The van der Waals surface area contributed by atoms with Gasteiger partial charge < -0.3 is 4.74 Å². The van der Waals surface area contributed by atoms with Gasteiger partial charge in [0.15, 0.2) is 0 Å². The molecule has 0 atom stereocenters. The zero-order valence-corrected chi connectivity index (χ0v) is 11.1. The van der Waals surface area contributed by atoms with Crippen molar-refractivity contribution in [1.82, 2.24) is 0 Å². The first-order valence-corrected chi connectivity index (χ1v) is 5.89. The van der Waals surface area contributed by atoms with E-state index < -0.39 is 0 Å². The van der Waals surface area contributed by atoms with Crippen LogP contribution in [0.1, 0.15) is 12.5 Å². The van der Waals surface area contributed by atoms with Crippen molar-refractivity contribution in [2.24, 2.45) is 0 Å². The molecule has 0 amide bonds. The molecule has 0 radical (unpaired) electrons. The lowest BCUT2D eigenvalue weighted by Gasteiger charge is -2.06. The zero-order valence-electron chi connectivity index (χ0n) is 8.02. The summed E-state index contributed by atoms with van der Waals surface area (Å²) >= 11 is 15.0. The van der Waals surface area contributed by atoms with Crippen molar-refractivity contribution < 1.29 is 9.53 Å². The molecule has 0 aliphatic carbocycles. The van der Waals surface area contributed by atoms with Crippen molar-refractivity contribution in [3.63, 3.8) is 0 Å². The highest BCUT2D eigenvalue weighted by molar-refractivity contribution is 9.10. The van der Waals surface area contributed by atoms with Crippen molar-refractivity contribution >= 4 is 45.1 Å². The number of carbonyl (C=O) groups excluding carboxylic acids is 1. The van der Waals surface area contributed by atoms with Crippen molar-refractivity contribution in [2.45, 2.75) is 13.3 Å². The highest BCUT2D eigenvalue weighted by Crippen LogP contribution is 2.33. The van der Waals surface area contributed by atoms with Gasteiger partial charge in [0.1, 0.15) is 0 Å². The lowest BCUT2D eigenvalue weighted by Crippen LogP contribution is -2.07. The van der Waals surface area contributed by atoms with Crippen LogP contribution in [0.3, 0.4) is 0 Å². The molecule has 5 heteroatoms. The maximum absolute atomic E-state index is 11.2. The minimum absolute atomic E-state index is 0.186. The summed E-state index contributed by atoms with van der Waals surface area (Å²) in [7, 11) is 0. The smallest absolute Gasteiger partial charge is 0.310 e. The first kappa shape index (κ1) is 12.8. The zero-order chi connectivity index (χ0) is 11.4. The largest absolute Gasteiger partial charge is 0.466 e. The number of rotatable bonds is 3. The van der Waals surface area contributed by atoms with Gasteiger partial charge in [0, 0.05) is 4.47 Å². The van der Waals surface area contributed by atoms with E-state index in [1.807, 2.05) is 0 Å². The molecule has 0 saturated heterocycles. The molecule has 1 aromatic carbocycles. The van der Waals surface area contributed by atoms with E-state index >= 15 is 0 Å². The summed E-state index contributed by atoms with van der Waals surface area (Å²) in [5.41, 5.74) is 0.767. The normalized spacial score (nSPS) is 10.1. The first-order valence-electron chi connectivity index (χ1n) is 4.34. The van der Waals surface area contributed by atoms with E-state index in [4.69, 9.17) is 27.9 Å². The maximum Gasteiger partial charge on any atom is 0.310 e. The SMILES string of the molecule is CCOC(=O)Cc1ccc(Cl)c(Cl)c1Br. The molecular formula is C10H9BrCl2O2. The molecule has 0 aromatic heterocycles. The van der Waals surface area contributed by atoms with Gasteiger partial charge in [-0.1, -0.05) is 29.3 Å². The number of esters is 1. The van der Waals surface area contributed by atoms with Crippen LogP contribution in [0.5, 0.6) is 0 Å². The second kappa shape index (κ2) is 5.73. The Kier molecular flexibility index (Phi) is 4.90. The summed E-state index contributed by atoms with van der Waals surface area (Å²) in [5, 5.41) is 0.870. The molecule has 0 spiro atoms. The van der Waals surface area contributed by atoms with Gasteiger partial charge in [-0.15, -0.1) is 0 Å². The fourth-order valence-corrected chi connectivity index (χ4v) is 2.01.